The van der Waals surface area contributed by atoms with Crippen LogP contribution in [0.1, 0.15) is 29.8 Å². The van der Waals surface area contributed by atoms with Crippen molar-refractivity contribution in [3.05, 3.63) is 53.5 Å². The minimum atomic E-state index is 0.695. The van der Waals surface area contributed by atoms with Crippen molar-refractivity contribution in [2.45, 2.75) is 25.8 Å². The van der Waals surface area contributed by atoms with Gasteiger partial charge in [0.25, 0.3) is 0 Å². The third kappa shape index (κ3) is 2.07. The van der Waals surface area contributed by atoms with E-state index in [2.05, 4.69) is 34.3 Å². The zero-order valence-electron chi connectivity index (χ0n) is 12.1. The summed E-state index contributed by atoms with van der Waals surface area (Å²) in [5.74, 6) is 0. The van der Waals surface area contributed by atoms with Gasteiger partial charge in [0.2, 0.25) is 0 Å². The highest BCUT2D eigenvalue weighted by Gasteiger charge is 2.20. The number of aromatic amines is 1. The zero-order chi connectivity index (χ0) is 14.2. The maximum atomic E-state index is 4.85. The minimum absolute atomic E-state index is 0.695. The van der Waals surface area contributed by atoms with E-state index < -0.39 is 0 Å². The van der Waals surface area contributed by atoms with Gasteiger partial charge in [0.15, 0.2) is 0 Å². The van der Waals surface area contributed by atoms with E-state index >= 15 is 0 Å². The average Bonchev–Trinajstić information content (AvgIpc) is 3.09. The van der Waals surface area contributed by atoms with E-state index in [0.29, 0.717) is 6.54 Å². The van der Waals surface area contributed by atoms with Gasteiger partial charge in [-0.05, 0) is 37.0 Å². The maximum Gasteiger partial charge on any atom is 0.0812 e. The van der Waals surface area contributed by atoms with Crippen LogP contribution >= 0.6 is 0 Å². The molecule has 0 bridgehead atoms. The normalized spacial score (nSPS) is 16.5. The standard InChI is InChI=1S/C17H18N4/c1-21-12(9-10-19-21)11-18-16-8-4-6-14-13-5-2-3-7-15(13)20-17(14)16/h2-3,5,7,9-10,20H,4,6,8,11H2,1H3. The molecule has 1 aliphatic carbocycles. The molecule has 4 heteroatoms. The zero-order valence-corrected chi connectivity index (χ0v) is 12.1. The number of nitrogens with zero attached hydrogens (tertiary/aromatic N) is 3. The van der Waals surface area contributed by atoms with E-state index in [0.717, 1.165) is 18.5 Å². The predicted octanol–water partition coefficient (Wildman–Crippen LogP) is 3.23. The van der Waals surface area contributed by atoms with Gasteiger partial charge in [-0.15, -0.1) is 0 Å². The Labute approximate surface area is 123 Å². The fourth-order valence-corrected chi connectivity index (χ4v) is 3.15. The Morgan fingerprint density at radius 3 is 3.00 bits per heavy atom. The summed E-state index contributed by atoms with van der Waals surface area (Å²) in [6.07, 6.45) is 5.20. The molecule has 0 amide bonds. The van der Waals surface area contributed by atoms with E-state index in [-0.39, 0.29) is 0 Å². The second-order valence-electron chi connectivity index (χ2n) is 5.59. The fourth-order valence-electron chi connectivity index (χ4n) is 3.15. The first-order valence-electron chi connectivity index (χ1n) is 7.43. The monoisotopic (exact) mass is 278 g/mol. The van der Waals surface area contributed by atoms with Gasteiger partial charge < -0.3 is 4.98 Å². The molecule has 21 heavy (non-hydrogen) atoms. The number of rotatable bonds is 2. The molecule has 1 aromatic carbocycles. The summed E-state index contributed by atoms with van der Waals surface area (Å²) in [5.41, 5.74) is 6.24. The van der Waals surface area contributed by atoms with Gasteiger partial charge in [0.05, 0.1) is 23.6 Å². The van der Waals surface area contributed by atoms with Crippen LogP contribution in [0.5, 0.6) is 0 Å². The van der Waals surface area contributed by atoms with Crippen LogP contribution in [0.2, 0.25) is 0 Å². The Bertz CT molecular complexity index is 822. The predicted molar refractivity (Wildman–Crippen MR) is 84.7 cm³/mol. The molecule has 0 fully saturated rings. The van der Waals surface area contributed by atoms with Crippen molar-refractivity contribution in [3.8, 4) is 0 Å². The third-order valence-electron chi connectivity index (χ3n) is 4.30. The first-order chi connectivity index (χ1) is 10.3. The second-order valence-corrected chi connectivity index (χ2v) is 5.59. The number of H-pyrrole nitrogens is 1. The van der Waals surface area contributed by atoms with Crippen molar-refractivity contribution in [1.29, 1.82) is 0 Å². The van der Waals surface area contributed by atoms with Crippen molar-refractivity contribution in [2.24, 2.45) is 12.0 Å². The average molecular weight is 278 g/mol. The third-order valence-corrected chi connectivity index (χ3v) is 4.30. The van der Waals surface area contributed by atoms with Crippen LogP contribution in [0, 0.1) is 0 Å². The number of nitrogens with one attached hydrogen (secondary N) is 1. The van der Waals surface area contributed by atoms with E-state index in [1.54, 1.807) is 0 Å². The van der Waals surface area contributed by atoms with Crippen molar-refractivity contribution in [2.75, 3.05) is 0 Å². The van der Waals surface area contributed by atoms with Gasteiger partial charge in [-0.2, -0.15) is 5.10 Å². The first kappa shape index (κ1) is 12.4. The quantitative estimate of drug-likeness (QED) is 0.768. The van der Waals surface area contributed by atoms with Gasteiger partial charge in [-0.3, -0.25) is 9.67 Å². The van der Waals surface area contributed by atoms with E-state index in [4.69, 9.17) is 4.99 Å². The van der Waals surface area contributed by atoms with Crippen LogP contribution in [0.15, 0.2) is 41.5 Å². The van der Waals surface area contributed by atoms with E-state index in [1.165, 1.54) is 34.3 Å². The Morgan fingerprint density at radius 2 is 2.14 bits per heavy atom. The Balaban J connectivity index is 1.74. The highest BCUT2D eigenvalue weighted by molar-refractivity contribution is 6.06. The second kappa shape index (κ2) is 4.88. The molecule has 0 aliphatic heterocycles. The van der Waals surface area contributed by atoms with Crippen molar-refractivity contribution in [3.63, 3.8) is 0 Å². The molecule has 0 saturated heterocycles. The van der Waals surface area contributed by atoms with Crippen LogP contribution in [0.4, 0.5) is 0 Å². The van der Waals surface area contributed by atoms with Gasteiger partial charge in [-0.1, -0.05) is 18.2 Å². The molecule has 1 N–H and O–H groups in total. The van der Waals surface area contributed by atoms with Gasteiger partial charge >= 0.3 is 0 Å². The molecule has 106 valence electrons. The summed E-state index contributed by atoms with van der Waals surface area (Å²) in [7, 11) is 1.96. The summed E-state index contributed by atoms with van der Waals surface area (Å²) < 4.78 is 1.89. The smallest absolute Gasteiger partial charge is 0.0812 e. The lowest BCUT2D eigenvalue weighted by atomic mass is 9.94. The molecule has 2 aromatic heterocycles. The lowest BCUT2D eigenvalue weighted by Crippen LogP contribution is -2.12. The number of para-hydroxylation sites is 1. The molecular weight excluding hydrogens is 260 g/mol. The Hall–Kier alpha value is -2.36. The lowest BCUT2D eigenvalue weighted by molar-refractivity contribution is 0.710. The molecule has 2 heterocycles. The number of aryl methyl sites for hydroxylation is 2. The molecule has 0 spiro atoms. The summed E-state index contributed by atoms with van der Waals surface area (Å²) in [4.78, 5) is 8.41. The topological polar surface area (TPSA) is 46.0 Å². The molecule has 0 radical (unpaired) electrons. The minimum Gasteiger partial charge on any atom is -0.353 e. The largest absolute Gasteiger partial charge is 0.353 e. The molecular formula is C17H18N4. The van der Waals surface area contributed by atoms with Gasteiger partial charge in [-0.25, -0.2) is 0 Å². The number of aromatic nitrogens is 3. The van der Waals surface area contributed by atoms with Crippen LogP contribution in [0.3, 0.4) is 0 Å². The van der Waals surface area contributed by atoms with Gasteiger partial charge in [0.1, 0.15) is 0 Å². The number of benzene rings is 1. The maximum absolute atomic E-state index is 4.85. The highest BCUT2D eigenvalue weighted by Crippen LogP contribution is 2.29. The molecule has 4 rings (SSSR count). The van der Waals surface area contributed by atoms with E-state index in [9.17, 15) is 0 Å². The van der Waals surface area contributed by atoms with Crippen LogP contribution in [-0.2, 0) is 20.0 Å². The molecule has 0 unspecified atom stereocenters. The number of fused-ring (bicyclic) bond motifs is 3. The van der Waals surface area contributed by atoms with Crippen molar-refractivity contribution in [1.82, 2.24) is 14.8 Å². The summed E-state index contributed by atoms with van der Waals surface area (Å²) in [5, 5.41) is 5.55. The summed E-state index contributed by atoms with van der Waals surface area (Å²) in [6.45, 7) is 0.695. The summed E-state index contributed by atoms with van der Waals surface area (Å²) in [6, 6.07) is 10.6. The Morgan fingerprint density at radius 1 is 1.24 bits per heavy atom. The Kier molecular flexibility index (Phi) is 2.88. The molecule has 4 nitrogen and oxygen atoms in total. The molecule has 0 atom stereocenters. The van der Waals surface area contributed by atoms with Crippen LogP contribution in [0.25, 0.3) is 10.9 Å². The summed E-state index contributed by atoms with van der Waals surface area (Å²) >= 11 is 0. The molecule has 1 aliphatic rings. The SMILES string of the molecule is Cn1nccc1CN=C1CCCc2c1[nH]c1ccccc21. The van der Waals surface area contributed by atoms with Crippen molar-refractivity contribution < 1.29 is 0 Å². The van der Waals surface area contributed by atoms with Crippen LogP contribution < -0.4 is 0 Å². The van der Waals surface area contributed by atoms with Gasteiger partial charge in [0, 0.05) is 24.1 Å². The number of hydrogen-bond acceptors (Lipinski definition) is 2. The van der Waals surface area contributed by atoms with Crippen LogP contribution in [-0.4, -0.2) is 20.5 Å². The molecule has 3 aromatic rings. The number of hydrogen-bond donors (Lipinski definition) is 1. The number of aliphatic imine (C=N–C) groups is 1. The lowest BCUT2D eigenvalue weighted by Gasteiger charge is -2.14. The molecule has 0 saturated carbocycles. The highest BCUT2D eigenvalue weighted by atomic mass is 15.3. The fraction of sp³-hybridized carbons (Fsp3) is 0.294. The first-order valence-corrected chi connectivity index (χ1v) is 7.43. The van der Waals surface area contributed by atoms with E-state index in [1.807, 2.05) is 24.0 Å². The van der Waals surface area contributed by atoms with Crippen molar-refractivity contribution >= 4 is 16.6 Å².